The number of hydrogen-bond donors (Lipinski definition) is 1. The second-order valence-corrected chi connectivity index (χ2v) is 8.78. The summed E-state index contributed by atoms with van der Waals surface area (Å²) in [7, 11) is -1.75. The SMILES string of the molecule is CC[C@@H](NS(=O)(=O)C[C@H](C)COC1CCCC1)c1ccc(OC)cc1. The normalized spacial score (nSPS) is 18.2. The largest absolute Gasteiger partial charge is 0.497 e. The standard InChI is InChI=1S/C19H31NO4S/c1-4-19(16-9-11-17(23-3)12-10-16)20-25(21,22)14-15(2)13-24-18-7-5-6-8-18/h9-12,15,18-20H,4-8,13-14H2,1-3H3/t15-,19-/m1/s1. The molecule has 0 radical (unpaired) electrons. The van der Waals surface area contributed by atoms with Crippen molar-refractivity contribution in [2.75, 3.05) is 19.5 Å². The Morgan fingerprint density at radius 2 is 1.84 bits per heavy atom. The van der Waals surface area contributed by atoms with Crippen LogP contribution in [0.2, 0.25) is 0 Å². The van der Waals surface area contributed by atoms with Crippen molar-refractivity contribution in [3.8, 4) is 5.75 Å². The van der Waals surface area contributed by atoms with Gasteiger partial charge in [0.05, 0.1) is 25.6 Å². The lowest BCUT2D eigenvalue weighted by atomic mass is 10.1. The van der Waals surface area contributed by atoms with E-state index in [1.165, 1.54) is 12.8 Å². The molecule has 2 rings (SSSR count). The van der Waals surface area contributed by atoms with Crippen LogP contribution in [0.3, 0.4) is 0 Å². The van der Waals surface area contributed by atoms with Crippen LogP contribution in [-0.4, -0.2) is 34.0 Å². The summed E-state index contributed by atoms with van der Waals surface area (Å²) in [5, 5.41) is 0. The van der Waals surface area contributed by atoms with E-state index in [9.17, 15) is 8.42 Å². The average molecular weight is 370 g/mol. The summed E-state index contributed by atoms with van der Waals surface area (Å²) in [6.07, 6.45) is 5.66. The van der Waals surface area contributed by atoms with E-state index >= 15 is 0 Å². The van der Waals surface area contributed by atoms with Gasteiger partial charge in [-0.25, -0.2) is 13.1 Å². The van der Waals surface area contributed by atoms with E-state index in [0.29, 0.717) is 19.1 Å². The van der Waals surface area contributed by atoms with Gasteiger partial charge in [-0.05, 0) is 42.9 Å². The van der Waals surface area contributed by atoms with E-state index in [4.69, 9.17) is 9.47 Å². The summed E-state index contributed by atoms with van der Waals surface area (Å²) in [4.78, 5) is 0. The van der Waals surface area contributed by atoms with Gasteiger partial charge in [0.25, 0.3) is 0 Å². The molecule has 1 aromatic rings. The molecule has 0 heterocycles. The molecule has 1 aromatic carbocycles. The zero-order valence-corrected chi connectivity index (χ0v) is 16.3. The molecule has 5 nitrogen and oxygen atoms in total. The van der Waals surface area contributed by atoms with Crippen molar-refractivity contribution in [3.05, 3.63) is 29.8 Å². The van der Waals surface area contributed by atoms with Gasteiger partial charge in [-0.2, -0.15) is 0 Å². The van der Waals surface area contributed by atoms with Crippen LogP contribution in [0, 0.1) is 5.92 Å². The number of hydrogen-bond acceptors (Lipinski definition) is 4. The lowest BCUT2D eigenvalue weighted by Crippen LogP contribution is -2.33. The van der Waals surface area contributed by atoms with E-state index in [-0.39, 0.29) is 17.7 Å². The maximum Gasteiger partial charge on any atom is 0.212 e. The van der Waals surface area contributed by atoms with Crippen LogP contribution < -0.4 is 9.46 Å². The van der Waals surface area contributed by atoms with E-state index in [2.05, 4.69) is 4.72 Å². The van der Waals surface area contributed by atoms with Crippen LogP contribution in [-0.2, 0) is 14.8 Å². The maximum atomic E-state index is 12.5. The van der Waals surface area contributed by atoms with Crippen LogP contribution >= 0.6 is 0 Å². The van der Waals surface area contributed by atoms with E-state index in [1.807, 2.05) is 38.1 Å². The Labute approximate surface area is 152 Å². The van der Waals surface area contributed by atoms with Crippen LogP contribution in [0.4, 0.5) is 0 Å². The Kier molecular flexibility index (Phi) is 7.72. The predicted molar refractivity (Wildman–Crippen MR) is 100 cm³/mol. The fourth-order valence-electron chi connectivity index (χ4n) is 3.27. The molecule has 1 N–H and O–H groups in total. The third-order valence-electron chi connectivity index (χ3n) is 4.67. The van der Waals surface area contributed by atoms with Crippen LogP contribution in [0.1, 0.15) is 57.6 Å². The summed E-state index contributed by atoms with van der Waals surface area (Å²) in [6, 6.07) is 7.29. The van der Waals surface area contributed by atoms with Gasteiger partial charge in [-0.1, -0.05) is 38.8 Å². The lowest BCUT2D eigenvalue weighted by Gasteiger charge is -2.20. The summed E-state index contributed by atoms with van der Waals surface area (Å²) in [5.74, 6) is 0.831. The molecule has 0 saturated heterocycles. The molecule has 6 heteroatoms. The Morgan fingerprint density at radius 3 is 2.40 bits per heavy atom. The van der Waals surface area contributed by atoms with Gasteiger partial charge in [0.15, 0.2) is 0 Å². The van der Waals surface area contributed by atoms with Crippen molar-refractivity contribution < 1.29 is 17.9 Å². The second-order valence-electron chi connectivity index (χ2n) is 6.98. The smallest absolute Gasteiger partial charge is 0.212 e. The highest BCUT2D eigenvalue weighted by Gasteiger charge is 2.22. The molecule has 0 aliphatic heterocycles. The van der Waals surface area contributed by atoms with Crippen molar-refractivity contribution in [3.63, 3.8) is 0 Å². The maximum absolute atomic E-state index is 12.5. The molecular weight excluding hydrogens is 338 g/mol. The van der Waals surface area contributed by atoms with Gasteiger partial charge in [-0.3, -0.25) is 0 Å². The molecule has 0 spiro atoms. The quantitative estimate of drug-likeness (QED) is 0.683. The molecule has 1 aliphatic rings. The summed E-state index contributed by atoms with van der Waals surface area (Å²) < 4.78 is 38.9. The highest BCUT2D eigenvalue weighted by Crippen LogP contribution is 2.23. The summed E-state index contributed by atoms with van der Waals surface area (Å²) in [5.41, 5.74) is 0.946. The van der Waals surface area contributed by atoms with Gasteiger partial charge in [-0.15, -0.1) is 0 Å². The third kappa shape index (κ3) is 6.60. The highest BCUT2D eigenvalue weighted by molar-refractivity contribution is 7.89. The Morgan fingerprint density at radius 1 is 1.20 bits per heavy atom. The van der Waals surface area contributed by atoms with Gasteiger partial charge >= 0.3 is 0 Å². The number of sulfonamides is 1. The first kappa shape index (κ1) is 20.2. The topological polar surface area (TPSA) is 64.6 Å². The van der Waals surface area contributed by atoms with Gasteiger partial charge < -0.3 is 9.47 Å². The van der Waals surface area contributed by atoms with E-state index in [1.54, 1.807) is 7.11 Å². The molecule has 2 atom stereocenters. The minimum absolute atomic E-state index is 0.0218. The lowest BCUT2D eigenvalue weighted by molar-refractivity contribution is 0.0412. The fraction of sp³-hybridized carbons (Fsp3) is 0.684. The zero-order valence-electron chi connectivity index (χ0n) is 15.5. The first-order chi connectivity index (χ1) is 11.9. The number of methoxy groups -OCH3 is 1. The summed E-state index contributed by atoms with van der Waals surface area (Å²) in [6.45, 7) is 4.41. The van der Waals surface area contributed by atoms with Crippen molar-refractivity contribution in [1.29, 1.82) is 0 Å². The van der Waals surface area contributed by atoms with Crippen molar-refractivity contribution in [2.45, 2.75) is 58.1 Å². The second kappa shape index (κ2) is 9.55. The Hall–Kier alpha value is -1.11. The first-order valence-corrected chi connectivity index (χ1v) is 10.8. The molecule has 25 heavy (non-hydrogen) atoms. The van der Waals surface area contributed by atoms with E-state index in [0.717, 1.165) is 24.2 Å². The van der Waals surface area contributed by atoms with Gasteiger partial charge in [0, 0.05) is 6.04 Å². The predicted octanol–water partition coefficient (Wildman–Crippen LogP) is 3.66. The van der Waals surface area contributed by atoms with Gasteiger partial charge in [0.2, 0.25) is 10.0 Å². The average Bonchev–Trinajstić information content (AvgIpc) is 3.11. The molecule has 1 fully saturated rings. The zero-order chi connectivity index (χ0) is 18.3. The fourth-order valence-corrected chi connectivity index (χ4v) is 4.94. The Bertz CT molecular complexity index is 609. The molecule has 142 valence electrons. The van der Waals surface area contributed by atoms with Crippen LogP contribution in [0.15, 0.2) is 24.3 Å². The molecule has 0 bridgehead atoms. The molecule has 1 aliphatic carbocycles. The van der Waals surface area contributed by atoms with Gasteiger partial charge in [0.1, 0.15) is 5.75 Å². The van der Waals surface area contributed by atoms with E-state index < -0.39 is 10.0 Å². The number of nitrogens with one attached hydrogen (secondary N) is 1. The number of benzene rings is 1. The number of ether oxygens (including phenoxy) is 2. The molecule has 0 unspecified atom stereocenters. The van der Waals surface area contributed by atoms with Crippen LogP contribution in [0.25, 0.3) is 0 Å². The molecule has 1 saturated carbocycles. The Balaban J connectivity index is 1.88. The minimum Gasteiger partial charge on any atom is -0.497 e. The third-order valence-corrected chi connectivity index (χ3v) is 6.32. The van der Waals surface area contributed by atoms with Crippen molar-refractivity contribution in [2.24, 2.45) is 5.92 Å². The van der Waals surface area contributed by atoms with Crippen LogP contribution in [0.5, 0.6) is 5.75 Å². The summed E-state index contributed by atoms with van der Waals surface area (Å²) >= 11 is 0. The minimum atomic E-state index is -3.36. The van der Waals surface area contributed by atoms with Crippen molar-refractivity contribution in [1.82, 2.24) is 4.72 Å². The molecule has 0 amide bonds. The monoisotopic (exact) mass is 369 g/mol. The van der Waals surface area contributed by atoms with Crippen molar-refractivity contribution >= 4 is 10.0 Å². The number of rotatable bonds is 10. The molecule has 0 aromatic heterocycles. The first-order valence-electron chi connectivity index (χ1n) is 9.19. The highest BCUT2D eigenvalue weighted by atomic mass is 32.2. The molecular formula is C19H31NO4S.